The molecule has 114 valence electrons. The number of carbonyl (C=O) groups excluding carboxylic acids is 2. The van der Waals surface area contributed by atoms with Crippen LogP contribution in [0.3, 0.4) is 0 Å². The standard InChI is InChI=1S/C18H19NO3/c1-2-22-17(20)12-11-15(14-8-4-3-5-9-14)18(21)16-10-6-7-13-19-16/h3-10,13,15H,2,11-12H2,1H3/t15-/m1/s1. The Morgan fingerprint density at radius 2 is 1.82 bits per heavy atom. The Hall–Kier alpha value is -2.49. The predicted octanol–water partition coefficient (Wildman–Crippen LogP) is 3.39. The molecule has 2 rings (SSSR count). The zero-order valence-corrected chi connectivity index (χ0v) is 12.6. The second-order valence-electron chi connectivity index (χ2n) is 4.89. The van der Waals surface area contributed by atoms with Gasteiger partial charge in [-0.15, -0.1) is 0 Å². The van der Waals surface area contributed by atoms with Gasteiger partial charge < -0.3 is 4.74 Å². The van der Waals surface area contributed by atoms with E-state index in [1.165, 1.54) is 0 Å². The van der Waals surface area contributed by atoms with Gasteiger partial charge in [0.1, 0.15) is 5.69 Å². The van der Waals surface area contributed by atoms with Crippen LogP contribution in [-0.2, 0) is 9.53 Å². The van der Waals surface area contributed by atoms with Crippen molar-refractivity contribution in [1.29, 1.82) is 0 Å². The Balaban J connectivity index is 2.19. The summed E-state index contributed by atoms with van der Waals surface area (Å²) in [5, 5.41) is 0. The molecule has 4 heteroatoms. The molecule has 0 bridgehead atoms. The smallest absolute Gasteiger partial charge is 0.305 e. The molecule has 0 saturated heterocycles. The third-order valence-electron chi connectivity index (χ3n) is 3.38. The van der Waals surface area contributed by atoms with Gasteiger partial charge >= 0.3 is 5.97 Å². The maximum atomic E-state index is 12.7. The molecule has 0 spiro atoms. The number of nitrogens with zero attached hydrogens (tertiary/aromatic N) is 1. The number of aromatic nitrogens is 1. The lowest BCUT2D eigenvalue weighted by atomic mass is 9.88. The Kier molecular flexibility index (Phi) is 5.83. The molecule has 4 nitrogen and oxygen atoms in total. The number of ketones is 1. The first-order valence-electron chi connectivity index (χ1n) is 7.38. The van der Waals surface area contributed by atoms with Crippen LogP contribution in [0.5, 0.6) is 0 Å². The highest BCUT2D eigenvalue weighted by Crippen LogP contribution is 2.25. The van der Waals surface area contributed by atoms with Crippen molar-refractivity contribution in [2.24, 2.45) is 0 Å². The minimum absolute atomic E-state index is 0.0731. The van der Waals surface area contributed by atoms with E-state index in [9.17, 15) is 9.59 Å². The summed E-state index contributed by atoms with van der Waals surface area (Å²) in [6.45, 7) is 2.12. The molecule has 0 unspecified atom stereocenters. The van der Waals surface area contributed by atoms with Gasteiger partial charge in [0.25, 0.3) is 0 Å². The Morgan fingerprint density at radius 3 is 2.45 bits per heavy atom. The highest BCUT2D eigenvalue weighted by atomic mass is 16.5. The SMILES string of the molecule is CCOC(=O)CC[C@@H](C(=O)c1ccccn1)c1ccccc1. The number of ether oxygens (including phenoxy) is 1. The highest BCUT2D eigenvalue weighted by molar-refractivity contribution is 5.99. The van der Waals surface area contributed by atoms with Crippen molar-refractivity contribution in [2.45, 2.75) is 25.7 Å². The van der Waals surface area contributed by atoms with E-state index in [1.54, 1.807) is 31.3 Å². The molecule has 0 N–H and O–H groups in total. The largest absolute Gasteiger partial charge is 0.466 e. The van der Waals surface area contributed by atoms with Crippen LogP contribution in [0.25, 0.3) is 0 Å². The molecule has 0 amide bonds. The molecule has 1 atom stereocenters. The molecule has 1 aromatic heterocycles. The van der Waals surface area contributed by atoms with E-state index in [1.807, 2.05) is 30.3 Å². The first-order valence-corrected chi connectivity index (χ1v) is 7.38. The third-order valence-corrected chi connectivity index (χ3v) is 3.38. The van der Waals surface area contributed by atoms with Gasteiger partial charge in [0.2, 0.25) is 0 Å². The van der Waals surface area contributed by atoms with E-state index in [0.717, 1.165) is 5.56 Å². The quantitative estimate of drug-likeness (QED) is 0.580. The number of esters is 1. The fourth-order valence-electron chi connectivity index (χ4n) is 2.32. The molecular weight excluding hydrogens is 278 g/mol. The first kappa shape index (κ1) is 15.9. The van der Waals surface area contributed by atoms with Crippen LogP contribution in [-0.4, -0.2) is 23.3 Å². The number of Topliss-reactive ketones (excluding diaryl/α,β-unsaturated/α-hetero) is 1. The fourth-order valence-corrected chi connectivity index (χ4v) is 2.32. The normalized spacial score (nSPS) is 11.7. The second-order valence-corrected chi connectivity index (χ2v) is 4.89. The number of rotatable bonds is 7. The zero-order chi connectivity index (χ0) is 15.8. The lowest BCUT2D eigenvalue weighted by Gasteiger charge is -2.15. The molecule has 1 aromatic carbocycles. The van der Waals surface area contributed by atoms with Crippen LogP contribution in [0.15, 0.2) is 54.7 Å². The Labute approximate surface area is 130 Å². The average Bonchev–Trinajstić information content (AvgIpc) is 2.57. The van der Waals surface area contributed by atoms with E-state index < -0.39 is 0 Å². The van der Waals surface area contributed by atoms with Crippen LogP contribution >= 0.6 is 0 Å². The molecule has 22 heavy (non-hydrogen) atoms. The highest BCUT2D eigenvalue weighted by Gasteiger charge is 2.23. The molecule has 0 radical (unpaired) electrons. The van der Waals surface area contributed by atoms with Gasteiger partial charge in [-0.05, 0) is 31.0 Å². The zero-order valence-electron chi connectivity index (χ0n) is 12.6. The summed E-state index contributed by atoms with van der Waals surface area (Å²) in [7, 11) is 0. The Bertz CT molecular complexity index is 611. The van der Waals surface area contributed by atoms with E-state index in [2.05, 4.69) is 4.98 Å². The average molecular weight is 297 g/mol. The van der Waals surface area contributed by atoms with Crippen LogP contribution < -0.4 is 0 Å². The van der Waals surface area contributed by atoms with Gasteiger partial charge in [-0.3, -0.25) is 14.6 Å². The van der Waals surface area contributed by atoms with Gasteiger partial charge in [0.15, 0.2) is 5.78 Å². The van der Waals surface area contributed by atoms with Gasteiger partial charge in [0.05, 0.1) is 6.61 Å². The molecule has 0 aliphatic carbocycles. The topological polar surface area (TPSA) is 56.3 Å². The van der Waals surface area contributed by atoms with Gasteiger partial charge in [0, 0.05) is 18.5 Å². The van der Waals surface area contributed by atoms with E-state index in [-0.39, 0.29) is 24.1 Å². The lowest BCUT2D eigenvalue weighted by Crippen LogP contribution is -2.16. The Morgan fingerprint density at radius 1 is 1.09 bits per heavy atom. The van der Waals surface area contributed by atoms with Crippen LogP contribution in [0.2, 0.25) is 0 Å². The lowest BCUT2D eigenvalue weighted by molar-refractivity contribution is -0.143. The summed E-state index contributed by atoms with van der Waals surface area (Å²) in [5.74, 6) is -0.742. The van der Waals surface area contributed by atoms with E-state index in [4.69, 9.17) is 4.74 Å². The monoisotopic (exact) mass is 297 g/mol. The molecule has 0 aliphatic rings. The third kappa shape index (κ3) is 4.25. The van der Waals surface area contributed by atoms with E-state index in [0.29, 0.717) is 18.7 Å². The van der Waals surface area contributed by atoms with Crippen molar-refractivity contribution in [3.63, 3.8) is 0 Å². The first-order chi connectivity index (χ1) is 10.7. The van der Waals surface area contributed by atoms with Crippen molar-refractivity contribution < 1.29 is 14.3 Å². The van der Waals surface area contributed by atoms with Crippen molar-refractivity contribution >= 4 is 11.8 Å². The number of benzene rings is 1. The maximum absolute atomic E-state index is 12.7. The molecule has 0 fully saturated rings. The van der Waals surface area contributed by atoms with Crippen molar-refractivity contribution in [3.8, 4) is 0 Å². The van der Waals surface area contributed by atoms with Gasteiger partial charge in [-0.1, -0.05) is 36.4 Å². The fraction of sp³-hybridized carbons (Fsp3) is 0.278. The van der Waals surface area contributed by atoms with Crippen molar-refractivity contribution in [3.05, 3.63) is 66.0 Å². The minimum atomic E-state index is -0.388. The molecule has 0 aliphatic heterocycles. The number of pyridine rings is 1. The molecule has 2 aromatic rings. The number of carbonyl (C=O) groups is 2. The van der Waals surface area contributed by atoms with Crippen LogP contribution in [0.1, 0.15) is 41.7 Å². The van der Waals surface area contributed by atoms with E-state index >= 15 is 0 Å². The summed E-state index contributed by atoms with van der Waals surface area (Å²) >= 11 is 0. The second kappa shape index (κ2) is 8.08. The maximum Gasteiger partial charge on any atom is 0.305 e. The predicted molar refractivity (Wildman–Crippen MR) is 83.6 cm³/mol. The minimum Gasteiger partial charge on any atom is -0.466 e. The summed E-state index contributed by atoms with van der Waals surface area (Å²) in [5.41, 5.74) is 1.31. The molecule has 0 saturated carbocycles. The summed E-state index contributed by atoms with van der Waals surface area (Å²) in [6.07, 6.45) is 2.23. The molecule has 1 heterocycles. The van der Waals surface area contributed by atoms with Crippen LogP contribution in [0.4, 0.5) is 0 Å². The summed E-state index contributed by atoms with van der Waals surface area (Å²) in [6, 6.07) is 14.7. The number of hydrogen-bond donors (Lipinski definition) is 0. The van der Waals surface area contributed by atoms with Gasteiger partial charge in [-0.25, -0.2) is 0 Å². The van der Waals surface area contributed by atoms with Crippen molar-refractivity contribution in [2.75, 3.05) is 6.61 Å². The van der Waals surface area contributed by atoms with Crippen LogP contribution in [0, 0.1) is 0 Å². The summed E-state index contributed by atoms with van der Waals surface area (Å²) in [4.78, 5) is 28.4. The van der Waals surface area contributed by atoms with Gasteiger partial charge in [-0.2, -0.15) is 0 Å². The van der Waals surface area contributed by atoms with Crippen molar-refractivity contribution in [1.82, 2.24) is 4.98 Å². The number of hydrogen-bond acceptors (Lipinski definition) is 4. The summed E-state index contributed by atoms with van der Waals surface area (Å²) < 4.78 is 4.95. The molecular formula is C18H19NO3.